The van der Waals surface area contributed by atoms with Crippen LogP contribution >= 0.6 is 12.4 Å². The number of halogens is 3. The minimum Gasteiger partial charge on any atom is -0.435 e. The molecule has 2 N–H and O–H groups in total. The van der Waals surface area contributed by atoms with Crippen molar-refractivity contribution in [2.24, 2.45) is 5.73 Å². The molecule has 0 spiro atoms. The number of piperidine rings is 1. The number of benzene rings is 1. The molecule has 0 saturated carbocycles. The largest absolute Gasteiger partial charge is 0.435 e. The number of nitrogens with two attached hydrogens (primary N) is 1. The van der Waals surface area contributed by atoms with E-state index in [4.69, 9.17) is 5.73 Å². The molecule has 1 heterocycles. The van der Waals surface area contributed by atoms with Crippen LogP contribution in [-0.2, 0) is 11.2 Å². The summed E-state index contributed by atoms with van der Waals surface area (Å²) in [7, 11) is 0. The molecule has 0 radical (unpaired) electrons. The summed E-state index contributed by atoms with van der Waals surface area (Å²) < 4.78 is 28.5. The number of likely N-dealkylation sites (tertiary alicyclic amines) is 1. The number of ether oxygens (including phenoxy) is 1. The highest BCUT2D eigenvalue weighted by Gasteiger charge is 2.28. The predicted octanol–water partition coefficient (Wildman–Crippen LogP) is 2.98. The Morgan fingerprint density at radius 1 is 1.35 bits per heavy atom. The summed E-state index contributed by atoms with van der Waals surface area (Å²) in [5.41, 5.74) is 6.75. The third-order valence-electron chi connectivity index (χ3n) is 3.98. The first kappa shape index (κ1) is 19.6. The zero-order chi connectivity index (χ0) is 16.1. The summed E-state index contributed by atoms with van der Waals surface area (Å²) in [6.45, 7) is -0.183. The Morgan fingerprint density at radius 3 is 2.57 bits per heavy atom. The van der Waals surface area contributed by atoms with Crippen molar-refractivity contribution >= 4 is 18.3 Å². The summed E-state index contributed by atoms with van der Waals surface area (Å²) in [5, 5.41) is 0. The molecule has 1 amide bonds. The molecule has 0 aliphatic carbocycles. The van der Waals surface area contributed by atoms with Crippen LogP contribution in [-0.4, -0.2) is 36.0 Å². The Bertz CT molecular complexity index is 497. The van der Waals surface area contributed by atoms with E-state index in [1.54, 1.807) is 12.1 Å². The lowest BCUT2D eigenvalue weighted by atomic mass is 9.96. The van der Waals surface area contributed by atoms with Crippen molar-refractivity contribution in [3.05, 3.63) is 29.8 Å². The van der Waals surface area contributed by atoms with Gasteiger partial charge >= 0.3 is 6.61 Å². The molecular weight excluding hydrogens is 326 g/mol. The molecule has 1 aromatic rings. The van der Waals surface area contributed by atoms with E-state index in [1.807, 2.05) is 11.8 Å². The van der Waals surface area contributed by atoms with Crippen molar-refractivity contribution in [3.63, 3.8) is 0 Å². The molecule has 1 aliphatic rings. The topological polar surface area (TPSA) is 55.6 Å². The maximum Gasteiger partial charge on any atom is 0.387 e. The van der Waals surface area contributed by atoms with Crippen LogP contribution in [0.4, 0.5) is 8.78 Å². The maximum atomic E-state index is 12.5. The third kappa shape index (κ3) is 5.62. The fraction of sp³-hybridized carbons (Fsp3) is 0.562. The third-order valence-corrected chi connectivity index (χ3v) is 3.98. The van der Waals surface area contributed by atoms with Gasteiger partial charge in [-0.05, 0) is 43.9 Å². The molecule has 1 fully saturated rings. The van der Waals surface area contributed by atoms with E-state index >= 15 is 0 Å². The van der Waals surface area contributed by atoms with Gasteiger partial charge in [0.25, 0.3) is 0 Å². The molecule has 1 saturated heterocycles. The first-order valence-electron chi connectivity index (χ1n) is 7.56. The number of rotatable bonds is 5. The highest BCUT2D eigenvalue weighted by atomic mass is 35.5. The normalized spacial score (nSPS) is 19.2. The number of amides is 1. The van der Waals surface area contributed by atoms with Gasteiger partial charge in [-0.1, -0.05) is 12.1 Å². The van der Waals surface area contributed by atoms with Crippen molar-refractivity contribution in [1.29, 1.82) is 0 Å². The Kier molecular flexibility index (Phi) is 7.72. The minimum absolute atomic E-state index is 0. The first-order valence-corrected chi connectivity index (χ1v) is 7.56. The van der Waals surface area contributed by atoms with E-state index in [0.29, 0.717) is 0 Å². The van der Waals surface area contributed by atoms with Gasteiger partial charge < -0.3 is 15.4 Å². The summed E-state index contributed by atoms with van der Waals surface area (Å²) in [5.74, 6) is 0.127. The zero-order valence-electron chi connectivity index (χ0n) is 13.1. The van der Waals surface area contributed by atoms with E-state index in [2.05, 4.69) is 4.74 Å². The Balaban J connectivity index is 0.00000264. The monoisotopic (exact) mass is 348 g/mol. The second-order valence-corrected chi connectivity index (χ2v) is 5.71. The lowest BCUT2D eigenvalue weighted by molar-refractivity contribution is -0.134. The highest BCUT2D eigenvalue weighted by molar-refractivity contribution is 5.85. The SMILES string of the molecule is CC(N)C1CCCCN1C(=O)Cc1ccc(OC(F)F)cc1.Cl. The van der Waals surface area contributed by atoms with Crippen LogP contribution in [0, 0.1) is 0 Å². The van der Waals surface area contributed by atoms with Crippen LogP contribution in [0.1, 0.15) is 31.7 Å². The summed E-state index contributed by atoms with van der Waals surface area (Å²) >= 11 is 0. The van der Waals surface area contributed by atoms with Crippen LogP contribution in [0.2, 0.25) is 0 Å². The van der Waals surface area contributed by atoms with Crippen molar-refractivity contribution in [3.8, 4) is 5.75 Å². The molecule has 4 nitrogen and oxygen atoms in total. The fourth-order valence-corrected chi connectivity index (χ4v) is 2.88. The van der Waals surface area contributed by atoms with Gasteiger partial charge in [-0.15, -0.1) is 12.4 Å². The van der Waals surface area contributed by atoms with Gasteiger partial charge in [-0.25, -0.2) is 0 Å². The molecule has 1 aliphatic heterocycles. The molecule has 23 heavy (non-hydrogen) atoms. The van der Waals surface area contributed by atoms with Crippen molar-refractivity contribution < 1.29 is 18.3 Å². The lowest BCUT2D eigenvalue weighted by Gasteiger charge is -2.38. The van der Waals surface area contributed by atoms with E-state index in [9.17, 15) is 13.6 Å². The predicted molar refractivity (Wildman–Crippen MR) is 87.0 cm³/mol. The molecule has 7 heteroatoms. The fourth-order valence-electron chi connectivity index (χ4n) is 2.88. The quantitative estimate of drug-likeness (QED) is 0.890. The zero-order valence-corrected chi connectivity index (χ0v) is 13.9. The minimum atomic E-state index is -2.84. The first-order chi connectivity index (χ1) is 10.5. The van der Waals surface area contributed by atoms with Gasteiger partial charge in [-0.3, -0.25) is 4.79 Å². The van der Waals surface area contributed by atoms with Crippen LogP contribution in [0.25, 0.3) is 0 Å². The number of carbonyl (C=O) groups excluding carboxylic acids is 1. The standard InChI is InChI=1S/C16H22F2N2O2.ClH/c1-11(19)14-4-2-3-9-20(14)15(21)10-12-5-7-13(8-6-12)22-16(17)18;/h5-8,11,14,16H,2-4,9-10,19H2,1H3;1H. The smallest absolute Gasteiger partial charge is 0.387 e. The summed E-state index contributed by atoms with van der Waals surface area (Å²) in [4.78, 5) is 14.3. The molecule has 2 rings (SSSR count). The Labute approximate surface area is 141 Å². The van der Waals surface area contributed by atoms with E-state index < -0.39 is 6.61 Å². The molecule has 2 atom stereocenters. The average Bonchev–Trinajstić information content (AvgIpc) is 2.48. The molecular formula is C16H23ClF2N2O2. The highest BCUT2D eigenvalue weighted by Crippen LogP contribution is 2.21. The second kappa shape index (κ2) is 9.03. The van der Waals surface area contributed by atoms with Crippen LogP contribution in [0.5, 0.6) is 5.75 Å². The van der Waals surface area contributed by atoms with Crippen molar-refractivity contribution in [2.75, 3.05) is 6.54 Å². The van der Waals surface area contributed by atoms with Gasteiger partial charge in [0, 0.05) is 18.6 Å². The number of carbonyl (C=O) groups is 1. The van der Waals surface area contributed by atoms with Gasteiger partial charge in [0.1, 0.15) is 5.75 Å². The summed E-state index contributed by atoms with van der Waals surface area (Å²) in [6.07, 6.45) is 3.27. The second-order valence-electron chi connectivity index (χ2n) is 5.71. The lowest BCUT2D eigenvalue weighted by Crippen LogP contribution is -2.52. The van der Waals surface area contributed by atoms with E-state index in [-0.39, 0.29) is 42.6 Å². The van der Waals surface area contributed by atoms with Crippen LogP contribution < -0.4 is 10.5 Å². The van der Waals surface area contributed by atoms with E-state index in [1.165, 1.54) is 12.1 Å². The van der Waals surface area contributed by atoms with Crippen LogP contribution in [0.15, 0.2) is 24.3 Å². The van der Waals surface area contributed by atoms with Gasteiger partial charge in [0.15, 0.2) is 0 Å². The Hall–Kier alpha value is -1.40. The number of hydrogen-bond donors (Lipinski definition) is 1. The molecule has 2 unspecified atom stereocenters. The number of nitrogens with zero attached hydrogens (tertiary/aromatic N) is 1. The molecule has 1 aromatic carbocycles. The molecule has 130 valence electrons. The van der Waals surface area contributed by atoms with E-state index in [0.717, 1.165) is 31.4 Å². The Morgan fingerprint density at radius 2 is 2.00 bits per heavy atom. The van der Waals surface area contributed by atoms with Gasteiger partial charge in [0.05, 0.1) is 6.42 Å². The maximum absolute atomic E-state index is 12.5. The average molecular weight is 349 g/mol. The number of alkyl halides is 2. The van der Waals surface area contributed by atoms with Crippen LogP contribution in [0.3, 0.4) is 0 Å². The van der Waals surface area contributed by atoms with Gasteiger partial charge in [-0.2, -0.15) is 8.78 Å². The van der Waals surface area contributed by atoms with Crippen molar-refractivity contribution in [1.82, 2.24) is 4.90 Å². The molecule has 0 bridgehead atoms. The molecule has 0 aromatic heterocycles. The van der Waals surface area contributed by atoms with Crippen molar-refractivity contribution in [2.45, 2.75) is 51.3 Å². The van der Waals surface area contributed by atoms with Gasteiger partial charge in [0.2, 0.25) is 5.91 Å². The number of hydrogen-bond acceptors (Lipinski definition) is 3. The summed E-state index contributed by atoms with van der Waals surface area (Å²) in [6, 6.07) is 6.22.